The summed E-state index contributed by atoms with van der Waals surface area (Å²) < 4.78 is 10.3. The summed E-state index contributed by atoms with van der Waals surface area (Å²) in [6.45, 7) is 5.37. The van der Waals surface area contributed by atoms with Gasteiger partial charge in [-0.3, -0.25) is 10.6 Å². The van der Waals surface area contributed by atoms with E-state index in [1.807, 2.05) is 6.07 Å². The second kappa shape index (κ2) is 7.50. The molecule has 0 aliphatic heterocycles. The summed E-state index contributed by atoms with van der Waals surface area (Å²) in [4.78, 5) is 23.4. The first-order valence-corrected chi connectivity index (χ1v) is 7.46. The Morgan fingerprint density at radius 2 is 1.29 bits per heavy atom. The number of benzene rings is 2. The predicted octanol–water partition coefficient (Wildman–Crippen LogP) is 4.64. The third-order valence-corrected chi connectivity index (χ3v) is 2.73. The van der Waals surface area contributed by atoms with Gasteiger partial charge in [0.25, 0.3) is 0 Å². The van der Waals surface area contributed by atoms with E-state index < -0.39 is 17.8 Å². The summed E-state index contributed by atoms with van der Waals surface area (Å²) >= 11 is 0. The van der Waals surface area contributed by atoms with E-state index in [4.69, 9.17) is 9.47 Å². The van der Waals surface area contributed by atoms with Crippen LogP contribution in [0.15, 0.2) is 54.6 Å². The fourth-order valence-corrected chi connectivity index (χ4v) is 1.80. The zero-order valence-electron chi connectivity index (χ0n) is 13.8. The lowest BCUT2D eigenvalue weighted by Gasteiger charge is -2.19. The number of amides is 2. The Morgan fingerprint density at radius 3 is 1.79 bits per heavy atom. The van der Waals surface area contributed by atoms with Crippen molar-refractivity contribution in [2.24, 2.45) is 0 Å². The van der Waals surface area contributed by atoms with Crippen molar-refractivity contribution in [3.63, 3.8) is 0 Å². The van der Waals surface area contributed by atoms with Crippen molar-refractivity contribution in [1.82, 2.24) is 0 Å². The van der Waals surface area contributed by atoms with Gasteiger partial charge in [-0.25, -0.2) is 9.59 Å². The number of hydrogen-bond donors (Lipinski definition) is 2. The smallest absolute Gasteiger partial charge is 0.417 e. The Bertz CT molecular complexity index is 691. The van der Waals surface area contributed by atoms with Gasteiger partial charge in [0.15, 0.2) is 0 Å². The van der Waals surface area contributed by atoms with Crippen molar-refractivity contribution in [2.45, 2.75) is 26.4 Å². The van der Waals surface area contributed by atoms with Gasteiger partial charge >= 0.3 is 12.2 Å². The fourth-order valence-electron chi connectivity index (χ4n) is 1.80. The average Bonchev–Trinajstić information content (AvgIpc) is 2.48. The van der Waals surface area contributed by atoms with Crippen LogP contribution >= 0.6 is 0 Å². The van der Waals surface area contributed by atoms with Gasteiger partial charge in [0.1, 0.15) is 11.4 Å². The molecule has 0 radical (unpaired) electrons. The molecule has 0 fully saturated rings. The number of nitrogens with one attached hydrogen (secondary N) is 2. The zero-order valence-corrected chi connectivity index (χ0v) is 13.8. The number of para-hydroxylation sites is 1. The summed E-state index contributed by atoms with van der Waals surface area (Å²) in [7, 11) is 0. The molecule has 0 atom stereocenters. The van der Waals surface area contributed by atoms with Crippen LogP contribution in [0.4, 0.5) is 21.0 Å². The van der Waals surface area contributed by atoms with Crippen LogP contribution in [0, 0.1) is 0 Å². The normalized spacial score (nSPS) is 10.6. The molecule has 126 valence electrons. The number of anilines is 2. The van der Waals surface area contributed by atoms with Gasteiger partial charge in [-0.05, 0) is 57.2 Å². The molecule has 0 unspecified atom stereocenters. The molecule has 6 heteroatoms. The third-order valence-electron chi connectivity index (χ3n) is 2.73. The molecule has 6 nitrogen and oxygen atoms in total. The first-order chi connectivity index (χ1) is 11.3. The largest absolute Gasteiger partial charge is 0.444 e. The van der Waals surface area contributed by atoms with Crippen molar-refractivity contribution < 1.29 is 19.1 Å². The van der Waals surface area contributed by atoms with E-state index in [2.05, 4.69) is 10.6 Å². The predicted molar refractivity (Wildman–Crippen MR) is 92.4 cm³/mol. The van der Waals surface area contributed by atoms with Crippen molar-refractivity contribution in [1.29, 1.82) is 0 Å². The summed E-state index contributed by atoms with van der Waals surface area (Å²) in [5.74, 6) is 0.457. The molecule has 2 aromatic carbocycles. The van der Waals surface area contributed by atoms with Crippen LogP contribution < -0.4 is 15.4 Å². The number of hydrogen-bond acceptors (Lipinski definition) is 4. The molecular formula is C18H20N2O4. The quantitative estimate of drug-likeness (QED) is 0.860. The van der Waals surface area contributed by atoms with Crippen LogP contribution in [0.1, 0.15) is 20.8 Å². The zero-order chi connectivity index (χ0) is 17.6. The van der Waals surface area contributed by atoms with Gasteiger partial charge in [0, 0.05) is 11.4 Å². The lowest BCUT2D eigenvalue weighted by molar-refractivity contribution is 0.0636. The Labute approximate surface area is 140 Å². The van der Waals surface area contributed by atoms with Crippen LogP contribution in [0.5, 0.6) is 5.75 Å². The first-order valence-electron chi connectivity index (χ1n) is 7.46. The van der Waals surface area contributed by atoms with E-state index in [1.54, 1.807) is 69.3 Å². The summed E-state index contributed by atoms with van der Waals surface area (Å²) in [6, 6.07) is 15.4. The summed E-state index contributed by atoms with van der Waals surface area (Å²) in [6.07, 6.45) is -1.12. The van der Waals surface area contributed by atoms with Crippen molar-refractivity contribution in [3.8, 4) is 5.75 Å². The maximum Gasteiger partial charge on any atom is 0.417 e. The second-order valence-electron chi connectivity index (χ2n) is 6.03. The minimum absolute atomic E-state index is 0.457. The molecule has 0 aliphatic carbocycles. The van der Waals surface area contributed by atoms with Crippen LogP contribution in [0.2, 0.25) is 0 Å². The second-order valence-corrected chi connectivity index (χ2v) is 6.03. The monoisotopic (exact) mass is 328 g/mol. The van der Waals surface area contributed by atoms with Gasteiger partial charge < -0.3 is 9.47 Å². The Hall–Kier alpha value is -3.02. The number of rotatable bonds is 3. The molecule has 0 spiro atoms. The molecule has 2 N–H and O–H groups in total. The molecule has 0 bridgehead atoms. The van der Waals surface area contributed by atoms with Crippen LogP contribution in [-0.4, -0.2) is 17.8 Å². The maximum atomic E-state index is 11.8. The van der Waals surface area contributed by atoms with E-state index in [0.29, 0.717) is 17.1 Å². The SMILES string of the molecule is CC(C)(C)OC(=O)Nc1ccc(NC(=O)Oc2ccccc2)cc1. The van der Waals surface area contributed by atoms with Gasteiger partial charge in [-0.2, -0.15) is 0 Å². The lowest BCUT2D eigenvalue weighted by atomic mass is 10.2. The molecule has 0 aliphatic rings. The van der Waals surface area contributed by atoms with Gasteiger partial charge in [-0.1, -0.05) is 18.2 Å². The molecule has 2 aromatic rings. The highest BCUT2D eigenvalue weighted by Gasteiger charge is 2.16. The van der Waals surface area contributed by atoms with Crippen molar-refractivity contribution in [2.75, 3.05) is 10.6 Å². The van der Waals surface area contributed by atoms with Crippen molar-refractivity contribution >= 4 is 23.6 Å². The number of ether oxygens (including phenoxy) is 2. The van der Waals surface area contributed by atoms with Crippen LogP contribution in [0.3, 0.4) is 0 Å². The lowest BCUT2D eigenvalue weighted by Crippen LogP contribution is -2.27. The Morgan fingerprint density at radius 1 is 0.792 bits per heavy atom. The number of carbonyl (C=O) groups excluding carboxylic acids is 2. The fraction of sp³-hybridized carbons (Fsp3) is 0.222. The molecule has 0 saturated carbocycles. The topological polar surface area (TPSA) is 76.7 Å². The van der Waals surface area contributed by atoms with Gasteiger partial charge in [0.05, 0.1) is 0 Å². The van der Waals surface area contributed by atoms with Gasteiger partial charge in [-0.15, -0.1) is 0 Å². The van der Waals surface area contributed by atoms with E-state index in [1.165, 1.54) is 0 Å². The highest BCUT2D eigenvalue weighted by molar-refractivity contribution is 5.88. The first kappa shape index (κ1) is 17.3. The molecular weight excluding hydrogens is 308 g/mol. The molecule has 2 rings (SSSR count). The van der Waals surface area contributed by atoms with Crippen LogP contribution in [0.25, 0.3) is 0 Å². The minimum Gasteiger partial charge on any atom is -0.444 e. The minimum atomic E-state index is -0.589. The van der Waals surface area contributed by atoms with Crippen LogP contribution in [-0.2, 0) is 4.74 Å². The summed E-state index contributed by atoms with van der Waals surface area (Å²) in [5.41, 5.74) is 0.546. The molecule has 0 heterocycles. The molecule has 0 aromatic heterocycles. The van der Waals surface area contributed by atoms with Crippen molar-refractivity contribution in [3.05, 3.63) is 54.6 Å². The Kier molecular flexibility index (Phi) is 5.42. The van der Waals surface area contributed by atoms with E-state index in [-0.39, 0.29) is 0 Å². The maximum absolute atomic E-state index is 11.8. The highest BCUT2D eigenvalue weighted by atomic mass is 16.6. The Balaban J connectivity index is 1.87. The number of carbonyl (C=O) groups is 2. The van der Waals surface area contributed by atoms with E-state index in [9.17, 15) is 9.59 Å². The highest BCUT2D eigenvalue weighted by Crippen LogP contribution is 2.16. The van der Waals surface area contributed by atoms with E-state index >= 15 is 0 Å². The van der Waals surface area contributed by atoms with Gasteiger partial charge in [0.2, 0.25) is 0 Å². The molecule has 2 amide bonds. The average molecular weight is 328 g/mol. The third kappa shape index (κ3) is 6.00. The molecule has 0 saturated heterocycles. The summed E-state index contributed by atoms with van der Waals surface area (Å²) in [5, 5.41) is 5.22. The standard InChI is InChI=1S/C18H20N2O4/c1-18(2,3)24-17(22)20-14-11-9-13(10-12-14)19-16(21)23-15-7-5-4-6-8-15/h4-12H,1-3H3,(H,19,21)(H,20,22). The van der Waals surface area contributed by atoms with E-state index in [0.717, 1.165) is 0 Å². The molecule has 24 heavy (non-hydrogen) atoms.